The largest absolute Gasteiger partial charge is 0.505 e. The van der Waals surface area contributed by atoms with Crippen LogP contribution in [-0.4, -0.2) is 20.1 Å². The van der Waals surface area contributed by atoms with Gasteiger partial charge in [0.2, 0.25) is 5.95 Å². The molecule has 2 N–H and O–H groups in total. The third kappa shape index (κ3) is 3.46. The molecule has 0 saturated carbocycles. The number of phenols is 1. The summed E-state index contributed by atoms with van der Waals surface area (Å²) < 4.78 is 0. The van der Waals surface area contributed by atoms with Crippen molar-refractivity contribution in [1.82, 2.24) is 15.0 Å². The third-order valence-electron chi connectivity index (χ3n) is 4.52. The smallest absolute Gasteiger partial charge is 0.223 e. The Morgan fingerprint density at radius 2 is 1.71 bits per heavy atom. The highest BCUT2D eigenvalue weighted by molar-refractivity contribution is 6.35. The van der Waals surface area contributed by atoms with E-state index in [2.05, 4.69) is 20.3 Å². The first kappa shape index (κ1) is 18.5. The van der Waals surface area contributed by atoms with Crippen LogP contribution in [0.25, 0.3) is 10.9 Å². The Balaban J connectivity index is 1.94. The maximum Gasteiger partial charge on any atom is 0.223 e. The van der Waals surface area contributed by atoms with Gasteiger partial charge in [-0.1, -0.05) is 35.3 Å². The van der Waals surface area contributed by atoms with Crippen LogP contribution in [0.15, 0.2) is 61.1 Å². The minimum absolute atomic E-state index is 0.0926. The zero-order valence-electron chi connectivity index (χ0n) is 14.9. The number of fused-ring (bicyclic) bond motifs is 1. The van der Waals surface area contributed by atoms with Crippen molar-refractivity contribution in [2.24, 2.45) is 0 Å². The molecule has 0 bridgehead atoms. The number of aromatic hydroxyl groups is 1. The second-order valence-electron chi connectivity index (χ2n) is 6.35. The lowest BCUT2D eigenvalue weighted by atomic mass is 9.92. The van der Waals surface area contributed by atoms with Crippen molar-refractivity contribution in [1.29, 1.82) is 0 Å². The Morgan fingerprint density at radius 3 is 2.46 bits per heavy atom. The van der Waals surface area contributed by atoms with Gasteiger partial charge >= 0.3 is 0 Å². The topological polar surface area (TPSA) is 70.9 Å². The van der Waals surface area contributed by atoms with E-state index in [1.807, 2.05) is 31.2 Å². The first-order valence-corrected chi connectivity index (χ1v) is 9.36. The van der Waals surface area contributed by atoms with Crippen LogP contribution in [-0.2, 0) is 0 Å². The SMILES string of the molecule is Cc1cc2cccnc2c(O)c1C(Nc1ncccn1)c1ccc(Cl)cc1Cl. The number of aromatic nitrogens is 3. The molecule has 0 fully saturated rings. The van der Waals surface area contributed by atoms with E-state index in [-0.39, 0.29) is 5.75 Å². The van der Waals surface area contributed by atoms with Gasteiger partial charge in [-0.2, -0.15) is 0 Å². The fourth-order valence-electron chi connectivity index (χ4n) is 3.27. The number of halogens is 2. The van der Waals surface area contributed by atoms with Gasteiger partial charge in [-0.15, -0.1) is 0 Å². The number of pyridine rings is 1. The average Bonchev–Trinajstić information content (AvgIpc) is 2.68. The van der Waals surface area contributed by atoms with Gasteiger partial charge in [0.25, 0.3) is 0 Å². The standard InChI is InChI=1S/C21H16Cl2N4O/c1-12-10-13-4-2-7-24-18(13)20(28)17(12)19(27-21-25-8-3-9-26-21)15-6-5-14(22)11-16(15)23/h2-11,19,28H,1H3,(H,25,26,27). The van der Waals surface area contributed by atoms with Crippen LogP contribution < -0.4 is 5.32 Å². The molecule has 28 heavy (non-hydrogen) atoms. The summed E-state index contributed by atoms with van der Waals surface area (Å²) in [6.07, 6.45) is 4.94. The van der Waals surface area contributed by atoms with E-state index in [1.165, 1.54) is 0 Å². The van der Waals surface area contributed by atoms with Crippen molar-refractivity contribution in [3.05, 3.63) is 87.8 Å². The molecular formula is C21H16Cl2N4O. The summed E-state index contributed by atoms with van der Waals surface area (Å²) in [5, 5.41) is 16.2. The zero-order valence-corrected chi connectivity index (χ0v) is 16.4. The molecule has 2 heterocycles. The summed E-state index contributed by atoms with van der Waals surface area (Å²) in [6, 6.07) is 12.2. The molecule has 2 aromatic carbocycles. The summed E-state index contributed by atoms with van der Waals surface area (Å²) in [7, 11) is 0. The average molecular weight is 411 g/mol. The Kier molecular flexibility index (Phi) is 5.03. The van der Waals surface area contributed by atoms with Gasteiger partial charge in [0.1, 0.15) is 11.3 Å². The Morgan fingerprint density at radius 1 is 0.964 bits per heavy atom. The molecule has 0 spiro atoms. The van der Waals surface area contributed by atoms with E-state index in [0.29, 0.717) is 27.1 Å². The van der Waals surface area contributed by atoms with Gasteiger partial charge in [0.15, 0.2) is 0 Å². The molecule has 4 rings (SSSR count). The number of nitrogens with one attached hydrogen (secondary N) is 1. The van der Waals surface area contributed by atoms with Gasteiger partial charge in [-0.25, -0.2) is 9.97 Å². The van der Waals surface area contributed by atoms with Gasteiger partial charge in [-0.3, -0.25) is 4.98 Å². The number of hydrogen-bond donors (Lipinski definition) is 2. The molecule has 0 aliphatic heterocycles. The highest BCUT2D eigenvalue weighted by Crippen LogP contribution is 2.40. The summed E-state index contributed by atoms with van der Waals surface area (Å²) in [5.74, 6) is 0.508. The fraction of sp³-hybridized carbons (Fsp3) is 0.0952. The maximum atomic E-state index is 11.1. The summed E-state index contributed by atoms with van der Waals surface area (Å²) >= 11 is 12.6. The van der Waals surface area contributed by atoms with Crippen LogP contribution in [0.5, 0.6) is 5.75 Å². The van der Waals surface area contributed by atoms with E-state index in [0.717, 1.165) is 16.5 Å². The molecular weight excluding hydrogens is 395 g/mol. The van der Waals surface area contributed by atoms with Crippen LogP contribution in [0, 0.1) is 6.92 Å². The quantitative estimate of drug-likeness (QED) is 0.461. The lowest BCUT2D eigenvalue weighted by Gasteiger charge is -2.24. The number of benzene rings is 2. The van der Waals surface area contributed by atoms with Crippen molar-refractivity contribution in [3.63, 3.8) is 0 Å². The third-order valence-corrected chi connectivity index (χ3v) is 5.08. The molecule has 0 amide bonds. The van der Waals surface area contributed by atoms with Gasteiger partial charge < -0.3 is 10.4 Å². The number of hydrogen-bond acceptors (Lipinski definition) is 5. The van der Waals surface area contributed by atoms with Crippen LogP contribution >= 0.6 is 23.2 Å². The maximum absolute atomic E-state index is 11.1. The molecule has 5 nitrogen and oxygen atoms in total. The first-order valence-electron chi connectivity index (χ1n) is 8.60. The monoisotopic (exact) mass is 410 g/mol. The molecule has 1 unspecified atom stereocenters. The fourth-order valence-corrected chi connectivity index (χ4v) is 3.78. The molecule has 140 valence electrons. The molecule has 1 atom stereocenters. The van der Waals surface area contributed by atoms with E-state index < -0.39 is 6.04 Å². The number of anilines is 1. The zero-order chi connectivity index (χ0) is 19.7. The predicted molar refractivity (Wildman–Crippen MR) is 112 cm³/mol. The van der Waals surface area contributed by atoms with E-state index in [9.17, 15) is 5.11 Å². The normalized spacial score (nSPS) is 12.1. The number of nitrogens with zero attached hydrogens (tertiary/aromatic N) is 3. The molecule has 2 aromatic heterocycles. The van der Waals surface area contributed by atoms with Gasteiger partial charge in [0, 0.05) is 39.6 Å². The minimum Gasteiger partial charge on any atom is -0.505 e. The highest BCUT2D eigenvalue weighted by atomic mass is 35.5. The summed E-state index contributed by atoms with van der Waals surface area (Å²) in [4.78, 5) is 12.8. The second kappa shape index (κ2) is 7.62. The molecule has 0 aliphatic carbocycles. The summed E-state index contributed by atoms with van der Waals surface area (Å²) in [6.45, 7) is 1.94. The van der Waals surface area contributed by atoms with Crippen molar-refractivity contribution < 1.29 is 5.11 Å². The molecule has 7 heteroatoms. The van der Waals surface area contributed by atoms with Crippen molar-refractivity contribution >= 4 is 40.1 Å². The van der Waals surface area contributed by atoms with Crippen molar-refractivity contribution in [2.45, 2.75) is 13.0 Å². The van der Waals surface area contributed by atoms with Crippen LogP contribution in [0.1, 0.15) is 22.7 Å². The molecule has 4 aromatic rings. The van der Waals surface area contributed by atoms with Crippen LogP contribution in [0.3, 0.4) is 0 Å². The van der Waals surface area contributed by atoms with Gasteiger partial charge in [-0.05, 0) is 48.4 Å². The Labute approximate surface area is 172 Å². The van der Waals surface area contributed by atoms with Gasteiger partial charge in [0.05, 0.1) is 6.04 Å². The van der Waals surface area contributed by atoms with Crippen molar-refractivity contribution in [2.75, 3.05) is 5.32 Å². The second-order valence-corrected chi connectivity index (χ2v) is 7.19. The molecule has 0 saturated heterocycles. The molecule has 0 radical (unpaired) electrons. The lowest BCUT2D eigenvalue weighted by molar-refractivity contribution is 0.471. The van der Waals surface area contributed by atoms with Crippen molar-refractivity contribution in [3.8, 4) is 5.75 Å². The molecule has 0 aliphatic rings. The number of rotatable bonds is 4. The van der Waals surface area contributed by atoms with E-state index >= 15 is 0 Å². The minimum atomic E-state index is -0.501. The van der Waals surface area contributed by atoms with Crippen LogP contribution in [0.2, 0.25) is 10.0 Å². The Bertz CT molecular complexity index is 1150. The Hall–Kier alpha value is -2.89. The lowest BCUT2D eigenvalue weighted by Crippen LogP contribution is -2.16. The number of aryl methyl sites for hydroxylation is 1. The highest BCUT2D eigenvalue weighted by Gasteiger charge is 2.25. The predicted octanol–water partition coefficient (Wildman–Crippen LogP) is 5.55. The first-order chi connectivity index (χ1) is 13.5. The summed E-state index contributed by atoms with van der Waals surface area (Å²) in [5.41, 5.74) is 2.81. The number of phenolic OH excluding ortho intramolecular Hbond substituents is 1. The van der Waals surface area contributed by atoms with Crippen LogP contribution in [0.4, 0.5) is 5.95 Å². The van der Waals surface area contributed by atoms with E-state index in [4.69, 9.17) is 23.2 Å². The van der Waals surface area contributed by atoms with E-state index in [1.54, 1.807) is 36.8 Å².